The zero-order valence-corrected chi connectivity index (χ0v) is 9.67. The number of nitrogens with zero attached hydrogens (tertiary/aromatic N) is 3. The number of halogens is 2. The first-order valence-electron chi connectivity index (χ1n) is 3.69. The van der Waals surface area contributed by atoms with E-state index in [4.69, 9.17) is 17.1 Å². The molecule has 0 heterocycles. The third kappa shape index (κ3) is 2.02. The highest BCUT2D eigenvalue weighted by atomic mass is 79.9. The summed E-state index contributed by atoms with van der Waals surface area (Å²) in [7, 11) is 3.81. The third-order valence-electron chi connectivity index (χ3n) is 1.74. The van der Waals surface area contributed by atoms with Gasteiger partial charge in [-0.1, -0.05) is 27.5 Å². The molecule has 0 saturated carbocycles. The average molecular weight is 263 g/mol. The first-order valence-corrected chi connectivity index (χ1v) is 4.98. The van der Waals surface area contributed by atoms with Gasteiger partial charge in [-0.05, 0) is 6.08 Å². The Balaban J connectivity index is 3.11. The Bertz CT molecular complexity index is 326. The summed E-state index contributed by atoms with van der Waals surface area (Å²) in [6, 6.07) is 0. The summed E-state index contributed by atoms with van der Waals surface area (Å²) in [5, 5.41) is 0.625. The van der Waals surface area contributed by atoms with E-state index in [0.29, 0.717) is 10.7 Å². The van der Waals surface area contributed by atoms with Gasteiger partial charge < -0.3 is 10.4 Å². The number of hydrogen-bond acceptors (Lipinski definition) is 1. The van der Waals surface area contributed by atoms with Crippen LogP contribution in [0.4, 0.5) is 0 Å². The minimum absolute atomic E-state index is 0.221. The van der Waals surface area contributed by atoms with Gasteiger partial charge >= 0.3 is 5.71 Å². The van der Waals surface area contributed by atoms with E-state index in [2.05, 4.69) is 20.7 Å². The standard InChI is InChI=1S/C8H9BrClN3/c1-13(2)6-4-3-5(12-11)7(9)8(6)10/h3-4,7H,1-2H3. The highest BCUT2D eigenvalue weighted by molar-refractivity contribution is 9.10. The molecule has 1 atom stereocenters. The molecule has 0 saturated heterocycles. The van der Waals surface area contributed by atoms with Crippen LogP contribution in [0.5, 0.6) is 0 Å². The normalized spacial score (nSPS) is 21.8. The highest BCUT2D eigenvalue weighted by Crippen LogP contribution is 2.27. The van der Waals surface area contributed by atoms with Crippen LogP contribution in [0.25, 0.3) is 5.53 Å². The van der Waals surface area contributed by atoms with Crippen LogP contribution in [0.3, 0.4) is 0 Å². The van der Waals surface area contributed by atoms with E-state index < -0.39 is 0 Å². The van der Waals surface area contributed by atoms with Gasteiger partial charge in [0.25, 0.3) is 0 Å². The second-order valence-electron chi connectivity index (χ2n) is 2.85. The molecule has 0 N–H and O–H groups in total. The smallest absolute Gasteiger partial charge is 0.311 e. The van der Waals surface area contributed by atoms with Crippen molar-refractivity contribution in [3.63, 3.8) is 0 Å². The molecule has 0 aromatic carbocycles. The number of allylic oxidation sites excluding steroid dienone is 3. The van der Waals surface area contributed by atoms with E-state index in [1.807, 2.05) is 25.1 Å². The van der Waals surface area contributed by atoms with Crippen LogP contribution in [0.2, 0.25) is 0 Å². The van der Waals surface area contributed by atoms with Gasteiger partial charge in [-0.3, -0.25) is 0 Å². The van der Waals surface area contributed by atoms with Crippen molar-refractivity contribution in [2.45, 2.75) is 4.83 Å². The topological polar surface area (TPSA) is 39.6 Å². The summed E-state index contributed by atoms with van der Waals surface area (Å²) < 4.78 is 0. The molecule has 70 valence electrons. The van der Waals surface area contributed by atoms with E-state index in [1.54, 1.807) is 6.08 Å². The van der Waals surface area contributed by atoms with Crippen molar-refractivity contribution in [2.75, 3.05) is 14.1 Å². The van der Waals surface area contributed by atoms with Crippen molar-refractivity contribution in [2.24, 2.45) is 0 Å². The molecule has 0 aliphatic heterocycles. The highest BCUT2D eigenvalue weighted by Gasteiger charge is 2.27. The summed E-state index contributed by atoms with van der Waals surface area (Å²) in [5.41, 5.74) is 10.0. The lowest BCUT2D eigenvalue weighted by Gasteiger charge is -2.19. The van der Waals surface area contributed by atoms with E-state index >= 15 is 0 Å². The van der Waals surface area contributed by atoms with E-state index in [-0.39, 0.29) is 4.83 Å². The zero-order chi connectivity index (χ0) is 10.0. The first kappa shape index (κ1) is 10.5. The Morgan fingerprint density at radius 3 is 2.62 bits per heavy atom. The monoisotopic (exact) mass is 261 g/mol. The molecule has 0 aromatic rings. The second-order valence-corrected chi connectivity index (χ2v) is 4.17. The van der Waals surface area contributed by atoms with Gasteiger partial charge in [0.2, 0.25) is 0 Å². The number of alkyl halides is 1. The Labute approximate surface area is 90.4 Å². The first-order chi connectivity index (χ1) is 6.07. The second kappa shape index (κ2) is 4.09. The van der Waals surface area contributed by atoms with Crippen LogP contribution >= 0.6 is 27.5 Å². The van der Waals surface area contributed by atoms with Gasteiger partial charge in [0, 0.05) is 20.2 Å². The lowest BCUT2D eigenvalue weighted by atomic mass is 10.1. The summed E-state index contributed by atoms with van der Waals surface area (Å²) in [6.45, 7) is 0. The third-order valence-corrected chi connectivity index (χ3v) is 3.34. The van der Waals surface area contributed by atoms with Gasteiger partial charge in [-0.25, -0.2) is 0 Å². The van der Waals surface area contributed by atoms with Crippen molar-refractivity contribution in [3.05, 3.63) is 28.4 Å². The number of rotatable bonds is 1. The maximum Gasteiger partial charge on any atom is 0.311 e. The molecule has 0 spiro atoms. The van der Waals surface area contributed by atoms with E-state index in [0.717, 1.165) is 5.70 Å². The van der Waals surface area contributed by atoms with Crippen LogP contribution in [0.1, 0.15) is 0 Å². The van der Waals surface area contributed by atoms with Crippen molar-refractivity contribution >= 4 is 33.2 Å². The van der Waals surface area contributed by atoms with Crippen LogP contribution in [-0.4, -0.2) is 34.3 Å². The molecule has 1 aliphatic rings. The predicted molar refractivity (Wildman–Crippen MR) is 57.0 cm³/mol. The van der Waals surface area contributed by atoms with Gasteiger partial charge in [0.1, 0.15) is 0 Å². The average Bonchev–Trinajstić information content (AvgIpc) is 2.09. The van der Waals surface area contributed by atoms with Crippen molar-refractivity contribution in [1.82, 2.24) is 4.90 Å². The lowest BCUT2D eigenvalue weighted by Crippen LogP contribution is -2.23. The lowest BCUT2D eigenvalue weighted by molar-refractivity contribution is -0.00496. The van der Waals surface area contributed by atoms with Crippen LogP contribution in [0, 0.1) is 0 Å². The van der Waals surface area contributed by atoms with Crippen LogP contribution in [-0.2, 0) is 0 Å². The van der Waals surface area contributed by atoms with Gasteiger partial charge in [-0.2, -0.15) is 4.79 Å². The molecule has 5 heteroatoms. The Morgan fingerprint density at radius 1 is 1.54 bits per heavy atom. The molecule has 1 aliphatic carbocycles. The fraction of sp³-hybridized carbons (Fsp3) is 0.375. The summed E-state index contributed by atoms with van der Waals surface area (Å²) >= 11 is 9.38. The summed E-state index contributed by atoms with van der Waals surface area (Å²) in [5.74, 6) is 0. The zero-order valence-electron chi connectivity index (χ0n) is 7.33. The molecule has 0 amide bonds. The fourth-order valence-corrected chi connectivity index (χ4v) is 1.86. The van der Waals surface area contributed by atoms with Gasteiger partial charge in [-0.15, -0.1) is 0 Å². The Morgan fingerprint density at radius 2 is 2.15 bits per heavy atom. The number of hydrogen-bond donors (Lipinski definition) is 0. The molecular weight excluding hydrogens is 253 g/mol. The maximum atomic E-state index is 8.62. The van der Waals surface area contributed by atoms with Crippen LogP contribution in [0.15, 0.2) is 22.9 Å². The number of likely N-dealkylation sites (N-methyl/N-ethyl adjacent to an activating group) is 1. The van der Waals surface area contributed by atoms with Crippen molar-refractivity contribution in [3.8, 4) is 0 Å². The predicted octanol–water partition coefficient (Wildman–Crippen LogP) is 2.00. The fourth-order valence-electron chi connectivity index (χ4n) is 1.03. The van der Waals surface area contributed by atoms with Gasteiger partial charge in [0.15, 0.2) is 4.83 Å². The summed E-state index contributed by atoms with van der Waals surface area (Å²) in [6.07, 6.45) is 3.54. The molecule has 0 aromatic heterocycles. The largest absolute Gasteiger partial charge is 0.377 e. The van der Waals surface area contributed by atoms with E-state index in [1.165, 1.54) is 0 Å². The maximum absolute atomic E-state index is 8.62. The van der Waals surface area contributed by atoms with Crippen LogP contribution < -0.4 is 0 Å². The molecule has 13 heavy (non-hydrogen) atoms. The molecule has 0 bridgehead atoms. The Hall–Kier alpha value is -0.570. The van der Waals surface area contributed by atoms with Gasteiger partial charge in [0.05, 0.1) is 10.7 Å². The molecule has 0 radical (unpaired) electrons. The van der Waals surface area contributed by atoms with Crippen molar-refractivity contribution in [1.29, 1.82) is 0 Å². The Kier molecular flexibility index (Phi) is 3.31. The molecule has 0 fully saturated rings. The molecule has 1 rings (SSSR count). The SMILES string of the molecule is CN(C)C1=C(Cl)C(Br)C(=[N+]=[N-])C=C1. The van der Waals surface area contributed by atoms with E-state index in [9.17, 15) is 0 Å². The minimum Gasteiger partial charge on any atom is -0.377 e. The van der Waals surface area contributed by atoms with Crippen molar-refractivity contribution < 1.29 is 4.79 Å². The molecule has 1 unspecified atom stereocenters. The quantitative estimate of drug-likeness (QED) is 0.405. The molecule has 3 nitrogen and oxygen atoms in total. The minimum atomic E-state index is -0.221. The molecular formula is C8H9BrClN3. The summed E-state index contributed by atoms with van der Waals surface area (Å²) in [4.78, 5) is 4.80.